The maximum Gasteiger partial charge on any atom is 0.270 e. The van der Waals surface area contributed by atoms with Crippen LogP contribution in [0.3, 0.4) is 0 Å². The van der Waals surface area contributed by atoms with Crippen LogP contribution < -0.4 is 4.90 Å². The van der Waals surface area contributed by atoms with Crippen LogP contribution in [0.25, 0.3) is 0 Å². The van der Waals surface area contributed by atoms with E-state index in [9.17, 15) is 23.3 Å². The van der Waals surface area contributed by atoms with E-state index in [0.29, 0.717) is 12.2 Å². The molecule has 0 N–H and O–H groups in total. The van der Waals surface area contributed by atoms with Crippen LogP contribution in [0.5, 0.6) is 0 Å². The molecule has 0 spiro atoms. The van der Waals surface area contributed by atoms with Crippen molar-refractivity contribution in [3.63, 3.8) is 0 Å². The normalized spacial score (nSPS) is 20.3. The van der Waals surface area contributed by atoms with E-state index in [-0.39, 0.29) is 34.3 Å². The molecule has 1 aromatic carbocycles. The number of benzene rings is 1. The maximum absolute atomic E-state index is 13.4. The van der Waals surface area contributed by atoms with Gasteiger partial charge in [-0.15, -0.1) is 0 Å². The summed E-state index contributed by atoms with van der Waals surface area (Å²) in [6, 6.07) is 6.73. The Morgan fingerprint density at radius 3 is 2.62 bits per heavy atom. The lowest BCUT2D eigenvalue weighted by molar-refractivity contribution is -0.384. The summed E-state index contributed by atoms with van der Waals surface area (Å²) >= 11 is 6.19. The highest BCUT2D eigenvalue weighted by Crippen LogP contribution is 2.29. The number of sulfone groups is 1. The Hall–Kier alpha value is -2.59. The molecule has 172 valence electrons. The lowest BCUT2D eigenvalue weighted by Gasteiger charge is -2.28. The van der Waals surface area contributed by atoms with Crippen molar-refractivity contribution in [2.45, 2.75) is 38.3 Å². The third-order valence-electron chi connectivity index (χ3n) is 5.94. The zero-order chi connectivity index (χ0) is 22.9. The zero-order valence-electron chi connectivity index (χ0n) is 17.4. The Morgan fingerprint density at radius 1 is 1.22 bits per heavy atom. The number of rotatable bonds is 6. The fourth-order valence-corrected chi connectivity index (χ4v) is 6.17. The molecule has 0 saturated carbocycles. The van der Waals surface area contributed by atoms with Gasteiger partial charge in [-0.25, -0.2) is 8.42 Å². The van der Waals surface area contributed by atoms with Crippen molar-refractivity contribution in [3.05, 3.63) is 56.8 Å². The van der Waals surface area contributed by atoms with Crippen molar-refractivity contribution in [3.8, 4) is 0 Å². The number of anilines is 1. The van der Waals surface area contributed by atoms with E-state index in [2.05, 4.69) is 4.90 Å². The second-order valence-corrected chi connectivity index (χ2v) is 10.8. The van der Waals surface area contributed by atoms with Crippen LogP contribution in [0.2, 0.25) is 5.02 Å². The van der Waals surface area contributed by atoms with Gasteiger partial charge < -0.3 is 14.2 Å². The highest BCUT2D eigenvalue weighted by Gasteiger charge is 2.36. The van der Waals surface area contributed by atoms with E-state index in [4.69, 9.17) is 16.0 Å². The molecular formula is C21H24ClN3O6S. The Morgan fingerprint density at radius 2 is 1.97 bits per heavy atom. The van der Waals surface area contributed by atoms with Crippen LogP contribution in [0.15, 0.2) is 34.7 Å². The Kier molecular flexibility index (Phi) is 6.43. The molecule has 4 rings (SSSR count). The minimum atomic E-state index is -3.27. The largest absolute Gasteiger partial charge is 0.444 e. The van der Waals surface area contributed by atoms with Gasteiger partial charge in [-0.05, 0) is 37.8 Å². The summed E-state index contributed by atoms with van der Waals surface area (Å²) in [5.74, 6) is 0.507. The van der Waals surface area contributed by atoms with Crippen molar-refractivity contribution in [2.75, 3.05) is 29.5 Å². The molecule has 2 aliphatic heterocycles. The molecule has 11 heteroatoms. The average molecular weight is 482 g/mol. The maximum atomic E-state index is 13.4. The van der Waals surface area contributed by atoms with Gasteiger partial charge in [-0.2, -0.15) is 0 Å². The number of nitro benzene ring substituents is 1. The van der Waals surface area contributed by atoms with Crippen molar-refractivity contribution in [1.82, 2.24) is 4.90 Å². The molecule has 2 fully saturated rings. The van der Waals surface area contributed by atoms with Crippen molar-refractivity contribution < 1.29 is 22.6 Å². The van der Waals surface area contributed by atoms with Crippen LogP contribution in [0.1, 0.15) is 41.8 Å². The number of furan rings is 1. The van der Waals surface area contributed by atoms with Gasteiger partial charge in [-0.1, -0.05) is 11.6 Å². The summed E-state index contributed by atoms with van der Waals surface area (Å²) in [4.78, 5) is 27.6. The average Bonchev–Trinajstić information content (AvgIpc) is 3.38. The molecule has 0 radical (unpaired) electrons. The number of hydrogen-bond acceptors (Lipinski definition) is 7. The Labute approximate surface area is 191 Å². The van der Waals surface area contributed by atoms with Gasteiger partial charge in [0.15, 0.2) is 15.7 Å². The topological polar surface area (TPSA) is 114 Å². The molecule has 32 heavy (non-hydrogen) atoms. The third kappa shape index (κ3) is 4.91. The van der Waals surface area contributed by atoms with Gasteiger partial charge >= 0.3 is 0 Å². The number of amides is 1. The number of halogens is 1. The summed E-state index contributed by atoms with van der Waals surface area (Å²) in [5, 5.41) is 11.3. The quantitative estimate of drug-likeness (QED) is 0.456. The van der Waals surface area contributed by atoms with Crippen molar-refractivity contribution >= 4 is 38.9 Å². The molecule has 9 nitrogen and oxygen atoms in total. The van der Waals surface area contributed by atoms with E-state index in [1.807, 2.05) is 6.07 Å². The molecule has 3 heterocycles. The van der Waals surface area contributed by atoms with Gasteiger partial charge in [-0.3, -0.25) is 14.9 Å². The molecular weight excluding hydrogens is 458 g/mol. The summed E-state index contributed by atoms with van der Waals surface area (Å²) < 4.78 is 30.2. The summed E-state index contributed by atoms with van der Waals surface area (Å²) in [6.45, 7) is 1.85. The number of piperidine rings is 1. The van der Waals surface area contributed by atoms with Crippen LogP contribution >= 0.6 is 11.6 Å². The van der Waals surface area contributed by atoms with Gasteiger partial charge in [0.2, 0.25) is 0 Å². The first-order valence-electron chi connectivity index (χ1n) is 10.5. The summed E-state index contributed by atoms with van der Waals surface area (Å²) in [6.07, 6.45) is 3.66. The molecule has 2 saturated heterocycles. The van der Waals surface area contributed by atoms with Crippen LogP contribution in [0, 0.1) is 10.1 Å². The fraction of sp³-hybridized carbons (Fsp3) is 0.476. The first-order valence-corrected chi connectivity index (χ1v) is 12.7. The fourth-order valence-electron chi connectivity index (χ4n) is 4.24. The molecule has 1 atom stereocenters. The van der Waals surface area contributed by atoms with Crippen molar-refractivity contribution in [1.29, 1.82) is 0 Å². The van der Waals surface area contributed by atoms with E-state index < -0.39 is 26.7 Å². The number of nitrogens with zero attached hydrogens (tertiary/aromatic N) is 3. The predicted octanol–water partition coefficient (Wildman–Crippen LogP) is 3.66. The van der Waals surface area contributed by atoms with Gasteiger partial charge in [0, 0.05) is 37.3 Å². The highest BCUT2D eigenvalue weighted by atomic mass is 35.5. The monoisotopic (exact) mass is 481 g/mol. The smallest absolute Gasteiger partial charge is 0.270 e. The van der Waals surface area contributed by atoms with Crippen LogP contribution in [-0.2, 0) is 16.4 Å². The van der Waals surface area contributed by atoms with Crippen molar-refractivity contribution in [2.24, 2.45) is 0 Å². The molecule has 1 unspecified atom stereocenters. The zero-order valence-corrected chi connectivity index (χ0v) is 19.0. The lowest BCUT2D eigenvalue weighted by atomic mass is 10.1. The summed E-state index contributed by atoms with van der Waals surface area (Å²) in [5.41, 5.74) is -0.296. The number of carbonyl (C=O) groups excluding carboxylic acids is 1. The van der Waals surface area contributed by atoms with E-state index in [0.717, 1.165) is 37.9 Å². The minimum Gasteiger partial charge on any atom is -0.444 e. The SMILES string of the molecule is O=C(c1cc([N+](=O)[O-])ccc1Cl)N(Cc1ccc(N2CCCCC2)o1)C1CCS(=O)(=O)C1. The third-order valence-corrected chi connectivity index (χ3v) is 8.02. The predicted molar refractivity (Wildman–Crippen MR) is 120 cm³/mol. The minimum absolute atomic E-state index is 0.0126. The first kappa shape index (κ1) is 22.6. The number of hydrogen-bond donors (Lipinski definition) is 0. The lowest BCUT2D eigenvalue weighted by Crippen LogP contribution is -2.40. The molecule has 0 aliphatic carbocycles. The van der Waals surface area contributed by atoms with E-state index in [1.165, 1.54) is 23.5 Å². The van der Waals surface area contributed by atoms with Gasteiger partial charge in [0.1, 0.15) is 5.76 Å². The van der Waals surface area contributed by atoms with E-state index in [1.54, 1.807) is 6.07 Å². The molecule has 1 aromatic heterocycles. The van der Waals surface area contributed by atoms with E-state index >= 15 is 0 Å². The highest BCUT2D eigenvalue weighted by molar-refractivity contribution is 7.91. The second kappa shape index (κ2) is 9.11. The molecule has 2 aromatic rings. The number of nitro groups is 1. The number of carbonyl (C=O) groups is 1. The van der Waals surface area contributed by atoms with Crippen LogP contribution in [-0.4, -0.2) is 54.8 Å². The molecule has 1 amide bonds. The van der Waals surface area contributed by atoms with Gasteiger partial charge in [0.05, 0.1) is 33.6 Å². The standard InChI is InChI=1S/C21H24ClN3O6S/c22-19-6-4-15(25(27)28)12-18(19)21(26)24(16-8-11-32(29,30)14-16)13-17-5-7-20(31-17)23-9-2-1-3-10-23/h4-7,12,16H,1-3,8-11,13-14H2. The van der Waals surface area contributed by atoms with Gasteiger partial charge in [0.25, 0.3) is 11.6 Å². The molecule has 0 bridgehead atoms. The second-order valence-electron chi connectivity index (χ2n) is 8.20. The summed E-state index contributed by atoms with van der Waals surface area (Å²) in [7, 11) is -3.27. The number of non-ortho nitro benzene ring substituents is 1. The Balaban J connectivity index is 1.63. The van der Waals surface area contributed by atoms with Crippen LogP contribution in [0.4, 0.5) is 11.6 Å². The Bertz CT molecular complexity index is 1130. The first-order chi connectivity index (χ1) is 15.2. The molecule has 2 aliphatic rings.